The van der Waals surface area contributed by atoms with Crippen molar-refractivity contribution in [3.05, 3.63) is 91.2 Å². The van der Waals surface area contributed by atoms with Gasteiger partial charge in [0, 0.05) is 28.6 Å². The molecule has 2 aromatic carbocycles. The van der Waals surface area contributed by atoms with E-state index in [1.165, 1.54) is 12.3 Å². The Kier molecular flexibility index (Phi) is 6.54. The molecule has 1 amide bonds. The first-order chi connectivity index (χ1) is 14.3. The van der Waals surface area contributed by atoms with Crippen LogP contribution in [0.2, 0.25) is 10.0 Å². The Morgan fingerprint density at radius 1 is 1.20 bits per heavy atom. The molecule has 9 heteroatoms. The molecular weight excluding hydrogens is 427 g/mol. The van der Waals surface area contributed by atoms with E-state index in [1.807, 2.05) is 36.6 Å². The second kappa shape index (κ2) is 9.11. The second-order valence-electron chi connectivity index (χ2n) is 6.59. The molecule has 0 fully saturated rings. The zero-order valence-corrected chi connectivity index (χ0v) is 17.7. The maximum Gasteiger partial charge on any atom is 0.273 e. The van der Waals surface area contributed by atoms with Crippen LogP contribution in [0.5, 0.6) is 0 Å². The van der Waals surface area contributed by atoms with Gasteiger partial charge in [-0.1, -0.05) is 47.5 Å². The number of aryl methyl sites for hydroxylation is 1. The SMILES string of the molecule is Cc1cc(/C=N/NC(=O)Cc2ccccc2[N+](=O)[O-])c(C)n1-c1cccc(Cl)c1Cl. The van der Waals surface area contributed by atoms with Gasteiger partial charge in [0.15, 0.2) is 0 Å². The van der Waals surface area contributed by atoms with E-state index in [2.05, 4.69) is 10.5 Å². The Hall–Kier alpha value is -3.16. The lowest BCUT2D eigenvalue weighted by atomic mass is 10.1. The van der Waals surface area contributed by atoms with Crippen LogP contribution in [0.3, 0.4) is 0 Å². The van der Waals surface area contributed by atoms with Crippen molar-refractivity contribution in [3.8, 4) is 5.69 Å². The number of nitro benzene ring substituents is 1. The Morgan fingerprint density at radius 2 is 1.93 bits per heavy atom. The molecule has 0 aliphatic rings. The molecule has 0 saturated carbocycles. The fraction of sp³-hybridized carbons (Fsp3) is 0.143. The molecule has 0 radical (unpaired) electrons. The fourth-order valence-corrected chi connectivity index (χ4v) is 3.56. The van der Waals surface area contributed by atoms with Crippen LogP contribution in [0, 0.1) is 24.0 Å². The predicted molar refractivity (Wildman–Crippen MR) is 118 cm³/mol. The largest absolute Gasteiger partial charge is 0.316 e. The van der Waals surface area contributed by atoms with Crippen molar-refractivity contribution in [1.29, 1.82) is 0 Å². The van der Waals surface area contributed by atoms with Crippen LogP contribution in [-0.2, 0) is 11.2 Å². The Morgan fingerprint density at radius 3 is 2.67 bits per heavy atom. The van der Waals surface area contributed by atoms with Crippen molar-refractivity contribution < 1.29 is 9.72 Å². The topological polar surface area (TPSA) is 89.5 Å². The van der Waals surface area contributed by atoms with Crippen LogP contribution in [0.4, 0.5) is 5.69 Å². The molecule has 3 rings (SSSR count). The molecule has 7 nitrogen and oxygen atoms in total. The summed E-state index contributed by atoms with van der Waals surface area (Å²) in [5.41, 5.74) is 5.96. The highest BCUT2D eigenvalue weighted by Crippen LogP contribution is 2.31. The normalized spacial score (nSPS) is 11.1. The summed E-state index contributed by atoms with van der Waals surface area (Å²) < 4.78 is 1.95. The minimum Gasteiger partial charge on any atom is -0.316 e. The van der Waals surface area contributed by atoms with Gasteiger partial charge in [-0.05, 0) is 32.0 Å². The molecule has 1 N–H and O–H groups in total. The number of amides is 1. The van der Waals surface area contributed by atoms with Crippen LogP contribution >= 0.6 is 23.2 Å². The molecule has 30 heavy (non-hydrogen) atoms. The first-order valence-electron chi connectivity index (χ1n) is 8.97. The van der Waals surface area contributed by atoms with Crippen molar-refractivity contribution in [3.63, 3.8) is 0 Å². The summed E-state index contributed by atoms with van der Waals surface area (Å²) in [7, 11) is 0. The van der Waals surface area contributed by atoms with E-state index in [9.17, 15) is 14.9 Å². The first kappa shape index (κ1) is 21.5. The molecule has 0 spiro atoms. The zero-order chi connectivity index (χ0) is 21.8. The van der Waals surface area contributed by atoms with E-state index in [1.54, 1.807) is 24.3 Å². The number of aromatic nitrogens is 1. The highest BCUT2D eigenvalue weighted by Gasteiger charge is 2.16. The molecule has 0 unspecified atom stereocenters. The number of benzene rings is 2. The van der Waals surface area contributed by atoms with Gasteiger partial charge in [0.25, 0.3) is 5.69 Å². The molecule has 0 atom stereocenters. The second-order valence-corrected chi connectivity index (χ2v) is 7.38. The quantitative estimate of drug-likeness (QED) is 0.329. The maximum absolute atomic E-state index is 12.2. The average molecular weight is 445 g/mol. The van der Waals surface area contributed by atoms with Crippen LogP contribution in [0.15, 0.2) is 53.6 Å². The van der Waals surface area contributed by atoms with Crippen LogP contribution in [-0.4, -0.2) is 21.6 Å². The van der Waals surface area contributed by atoms with Crippen LogP contribution in [0.25, 0.3) is 5.69 Å². The maximum atomic E-state index is 12.2. The zero-order valence-electron chi connectivity index (χ0n) is 16.2. The van der Waals surface area contributed by atoms with E-state index in [4.69, 9.17) is 23.2 Å². The number of hydrazone groups is 1. The number of carbonyl (C=O) groups excluding carboxylic acids is 1. The summed E-state index contributed by atoms with van der Waals surface area (Å²) in [6.07, 6.45) is 1.38. The van der Waals surface area contributed by atoms with Crippen molar-refractivity contribution in [2.75, 3.05) is 0 Å². The molecule has 0 saturated heterocycles. The summed E-state index contributed by atoms with van der Waals surface area (Å²) >= 11 is 12.5. The monoisotopic (exact) mass is 444 g/mol. The molecule has 154 valence electrons. The molecule has 0 bridgehead atoms. The van der Waals surface area contributed by atoms with Gasteiger partial charge in [0.2, 0.25) is 5.91 Å². The van der Waals surface area contributed by atoms with Gasteiger partial charge in [0.1, 0.15) is 0 Å². The average Bonchev–Trinajstić information content (AvgIpc) is 2.98. The van der Waals surface area contributed by atoms with Gasteiger partial charge in [-0.3, -0.25) is 14.9 Å². The third-order valence-electron chi connectivity index (χ3n) is 4.57. The summed E-state index contributed by atoms with van der Waals surface area (Å²) in [4.78, 5) is 22.7. The van der Waals surface area contributed by atoms with Crippen LogP contribution < -0.4 is 5.43 Å². The molecular formula is C21H18Cl2N4O3. The lowest BCUT2D eigenvalue weighted by molar-refractivity contribution is -0.385. The summed E-state index contributed by atoms with van der Waals surface area (Å²) in [6.45, 7) is 3.83. The molecule has 1 heterocycles. The van der Waals surface area contributed by atoms with E-state index in [-0.39, 0.29) is 12.1 Å². The Bertz CT molecular complexity index is 1160. The Labute approximate surface area is 183 Å². The van der Waals surface area contributed by atoms with Gasteiger partial charge in [-0.15, -0.1) is 0 Å². The smallest absolute Gasteiger partial charge is 0.273 e. The highest BCUT2D eigenvalue weighted by molar-refractivity contribution is 6.43. The van der Waals surface area contributed by atoms with Gasteiger partial charge in [0.05, 0.1) is 33.3 Å². The summed E-state index contributed by atoms with van der Waals surface area (Å²) in [5, 5.41) is 16.0. The van der Waals surface area contributed by atoms with Crippen molar-refractivity contribution >= 4 is 41.0 Å². The van der Waals surface area contributed by atoms with E-state index >= 15 is 0 Å². The van der Waals surface area contributed by atoms with E-state index in [0.29, 0.717) is 15.6 Å². The predicted octanol–water partition coefficient (Wildman–Crippen LogP) is 5.00. The van der Waals surface area contributed by atoms with Crippen molar-refractivity contribution in [2.45, 2.75) is 20.3 Å². The number of nitrogens with zero attached hydrogens (tertiary/aromatic N) is 3. The number of halogens is 2. The lowest BCUT2D eigenvalue weighted by Gasteiger charge is -2.12. The number of rotatable bonds is 6. The minimum absolute atomic E-state index is 0.0985. The van der Waals surface area contributed by atoms with Crippen molar-refractivity contribution in [2.24, 2.45) is 5.10 Å². The number of para-hydroxylation sites is 1. The lowest BCUT2D eigenvalue weighted by Crippen LogP contribution is -2.20. The van der Waals surface area contributed by atoms with Crippen LogP contribution in [0.1, 0.15) is 22.5 Å². The molecule has 3 aromatic rings. The Balaban J connectivity index is 1.76. The minimum atomic E-state index is -0.512. The number of carbonyl (C=O) groups is 1. The standard InChI is InChI=1S/C21H18Cl2N4O3/c1-13-10-16(14(2)26(13)19-9-5-7-17(22)21(19)23)12-24-25-20(28)11-15-6-3-4-8-18(15)27(29)30/h3-10,12H,11H2,1-2H3,(H,25,28)/b24-12+. The van der Waals surface area contributed by atoms with Gasteiger partial charge < -0.3 is 4.57 Å². The first-order valence-corrected chi connectivity index (χ1v) is 9.72. The summed E-state index contributed by atoms with van der Waals surface area (Å²) in [6, 6.07) is 13.4. The third kappa shape index (κ3) is 4.53. The molecule has 0 aliphatic carbocycles. The summed E-state index contributed by atoms with van der Waals surface area (Å²) in [5.74, 6) is -0.452. The van der Waals surface area contributed by atoms with Gasteiger partial charge in [-0.2, -0.15) is 5.10 Å². The number of hydrogen-bond donors (Lipinski definition) is 1. The number of nitro groups is 1. The van der Waals surface area contributed by atoms with Crippen molar-refractivity contribution in [1.82, 2.24) is 9.99 Å². The highest BCUT2D eigenvalue weighted by atomic mass is 35.5. The number of nitrogens with one attached hydrogen (secondary N) is 1. The fourth-order valence-electron chi connectivity index (χ4n) is 3.18. The number of hydrogen-bond acceptors (Lipinski definition) is 4. The third-order valence-corrected chi connectivity index (χ3v) is 5.38. The van der Waals surface area contributed by atoms with Gasteiger partial charge in [-0.25, -0.2) is 5.43 Å². The molecule has 1 aromatic heterocycles. The van der Waals surface area contributed by atoms with E-state index < -0.39 is 10.8 Å². The van der Waals surface area contributed by atoms with Gasteiger partial charge >= 0.3 is 0 Å². The van der Waals surface area contributed by atoms with E-state index in [0.717, 1.165) is 22.6 Å². The molecule has 0 aliphatic heterocycles.